The summed E-state index contributed by atoms with van der Waals surface area (Å²) in [5, 5.41) is 4.56. The third-order valence-corrected chi connectivity index (χ3v) is 6.31. The van der Waals surface area contributed by atoms with E-state index in [0.29, 0.717) is 10.7 Å². The van der Waals surface area contributed by atoms with Crippen LogP contribution in [0.15, 0.2) is 30.3 Å². The molecule has 5 nitrogen and oxygen atoms in total. The summed E-state index contributed by atoms with van der Waals surface area (Å²) in [6.45, 7) is 2.22. The molecule has 1 aliphatic heterocycles. The van der Waals surface area contributed by atoms with Gasteiger partial charge in [0.25, 0.3) is 0 Å². The van der Waals surface area contributed by atoms with E-state index in [9.17, 15) is 9.59 Å². The number of hydrogen-bond acceptors (Lipinski definition) is 4. The number of rotatable bonds is 3. The number of thiazole rings is 1. The second-order valence-electron chi connectivity index (χ2n) is 6.52. The second-order valence-corrected chi connectivity index (χ2v) is 9.01. The number of amides is 2. The standard InChI is InChI=1S/C19H14Cl3N3O2S/c1-9-23-15-7-12(2-3-16(15)28-9)25-8-10(4-17(25)26)19(27)24-18-13(21)5-11(20)6-14(18)22/h2-3,5-7,10H,4,8H2,1H3,(H,24,27). The highest BCUT2D eigenvalue weighted by atomic mass is 35.5. The van der Waals surface area contributed by atoms with Gasteiger partial charge in [0.15, 0.2) is 0 Å². The van der Waals surface area contributed by atoms with E-state index >= 15 is 0 Å². The molecule has 9 heteroatoms. The van der Waals surface area contributed by atoms with Crippen molar-refractivity contribution in [3.63, 3.8) is 0 Å². The minimum Gasteiger partial charge on any atom is -0.323 e. The maximum atomic E-state index is 12.7. The second kappa shape index (κ2) is 7.52. The van der Waals surface area contributed by atoms with Gasteiger partial charge >= 0.3 is 0 Å². The Morgan fingerprint density at radius 3 is 2.64 bits per heavy atom. The van der Waals surface area contributed by atoms with Crippen molar-refractivity contribution in [3.8, 4) is 0 Å². The van der Waals surface area contributed by atoms with Crippen molar-refractivity contribution in [3.05, 3.63) is 50.4 Å². The molecule has 28 heavy (non-hydrogen) atoms. The van der Waals surface area contributed by atoms with E-state index in [1.165, 1.54) is 12.1 Å². The van der Waals surface area contributed by atoms with Crippen molar-refractivity contribution < 1.29 is 9.59 Å². The molecule has 2 heterocycles. The zero-order valence-electron chi connectivity index (χ0n) is 14.6. The Morgan fingerprint density at radius 2 is 1.93 bits per heavy atom. The molecule has 1 fully saturated rings. The lowest BCUT2D eigenvalue weighted by molar-refractivity contribution is -0.122. The number of nitrogens with zero attached hydrogens (tertiary/aromatic N) is 2. The van der Waals surface area contributed by atoms with E-state index in [4.69, 9.17) is 34.8 Å². The van der Waals surface area contributed by atoms with Crippen LogP contribution in [0.2, 0.25) is 15.1 Å². The minimum absolute atomic E-state index is 0.111. The van der Waals surface area contributed by atoms with Crippen LogP contribution >= 0.6 is 46.1 Å². The minimum atomic E-state index is -0.511. The molecule has 1 N–H and O–H groups in total. The highest BCUT2D eigenvalue weighted by Crippen LogP contribution is 2.35. The Balaban J connectivity index is 1.53. The zero-order valence-corrected chi connectivity index (χ0v) is 17.7. The van der Waals surface area contributed by atoms with Crippen LogP contribution in [0.5, 0.6) is 0 Å². The Kier molecular flexibility index (Phi) is 5.22. The van der Waals surface area contributed by atoms with E-state index in [-0.39, 0.29) is 34.8 Å². The number of nitrogens with one attached hydrogen (secondary N) is 1. The van der Waals surface area contributed by atoms with Crippen molar-refractivity contribution in [1.82, 2.24) is 4.98 Å². The van der Waals surface area contributed by atoms with Crippen LogP contribution in [0.25, 0.3) is 10.2 Å². The van der Waals surface area contributed by atoms with Gasteiger partial charge in [0.2, 0.25) is 11.8 Å². The summed E-state index contributed by atoms with van der Waals surface area (Å²) in [6.07, 6.45) is 0.114. The highest BCUT2D eigenvalue weighted by molar-refractivity contribution is 7.18. The molecule has 0 radical (unpaired) electrons. The van der Waals surface area contributed by atoms with Crippen molar-refractivity contribution in [2.75, 3.05) is 16.8 Å². The lowest BCUT2D eigenvalue weighted by Gasteiger charge is -2.17. The fourth-order valence-corrected chi connectivity index (χ4v) is 4.94. The van der Waals surface area contributed by atoms with Gasteiger partial charge in [0.1, 0.15) is 0 Å². The van der Waals surface area contributed by atoms with Crippen LogP contribution < -0.4 is 10.2 Å². The summed E-state index contributed by atoms with van der Waals surface area (Å²) in [4.78, 5) is 31.3. The third-order valence-electron chi connectivity index (χ3n) is 4.54. The van der Waals surface area contributed by atoms with Crippen LogP contribution in [-0.2, 0) is 9.59 Å². The number of aryl methyl sites for hydroxylation is 1. The molecule has 0 saturated carbocycles. The fourth-order valence-electron chi connectivity index (χ4n) is 3.22. The molecule has 4 rings (SSSR count). The summed E-state index contributed by atoms with van der Waals surface area (Å²) in [6, 6.07) is 8.71. The molecule has 1 saturated heterocycles. The Bertz CT molecular complexity index is 1090. The Morgan fingerprint density at radius 1 is 1.21 bits per heavy atom. The predicted molar refractivity (Wildman–Crippen MR) is 115 cm³/mol. The number of carbonyl (C=O) groups is 2. The van der Waals surface area contributed by atoms with Gasteiger partial charge in [-0.05, 0) is 37.3 Å². The number of carbonyl (C=O) groups excluding carboxylic acids is 2. The molecule has 1 aliphatic rings. The van der Waals surface area contributed by atoms with Crippen LogP contribution in [0, 0.1) is 12.8 Å². The number of halogens is 3. The van der Waals surface area contributed by atoms with Crippen LogP contribution in [0.3, 0.4) is 0 Å². The summed E-state index contributed by atoms with van der Waals surface area (Å²) >= 11 is 19.8. The molecule has 1 atom stereocenters. The lowest BCUT2D eigenvalue weighted by atomic mass is 10.1. The average molecular weight is 455 g/mol. The van der Waals surface area contributed by atoms with E-state index in [0.717, 1.165) is 20.9 Å². The van der Waals surface area contributed by atoms with E-state index in [1.54, 1.807) is 16.2 Å². The third kappa shape index (κ3) is 3.70. The van der Waals surface area contributed by atoms with E-state index < -0.39 is 5.92 Å². The van der Waals surface area contributed by atoms with Crippen LogP contribution in [0.4, 0.5) is 11.4 Å². The fraction of sp³-hybridized carbons (Fsp3) is 0.211. The summed E-state index contributed by atoms with van der Waals surface area (Å²) in [7, 11) is 0. The maximum Gasteiger partial charge on any atom is 0.229 e. The molecule has 0 bridgehead atoms. The zero-order chi connectivity index (χ0) is 20.0. The summed E-state index contributed by atoms with van der Waals surface area (Å²) < 4.78 is 1.06. The largest absolute Gasteiger partial charge is 0.323 e. The monoisotopic (exact) mass is 453 g/mol. The van der Waals surface area contributed by atoms with Gasteiger partial charge in [-0.3, -0.25) is 9.59 Å². The van der Waals surface area contributed by atoms with Crippen molar-refractivity contribution in [2.24, 2.45) is 5.92 Å². The van der Waals surface area contributed by atoms with E-state index in [1.807, 2.05) is 25.1 Å². The first-order valence-corrected chi connectivity index (χ1v) is 10.4. The van der Waals surface area contributed by atoms with Gasteiger partial charge in [0.05, 0.1) is 36.9 Å². The van der Waals surface area contributed by atoms with Crippen molar-refractivity contribution >= 4 is 79.5 Å². The Hall–Kier alpha value is -1.86. The lowest BCUT2D eigenvalue weighted by Crippen LogP contribution is -2.28. The van der Waals surface area contributed by atoms with Gasteiger partial charge < -0.3 is 10.2 Å². The number of benzene rings is 2. The molecule has 144 valence electrons. The molecular weight excluding hydrogens is 441 g/mol. The maximum absolute atomic E-state index is 12.7. The smallest absolute Gasteiger partial charge is 0.229 e. The molecular formula is C19H14Cl3N3O2S. The quantitative estimate of drug-likeness (QED) is 0.564. The first-order valence-electron chi connectivity index (χ1n) is 8.45. The van der Waals surface area contributed by atoms with Gasteiger partial charge in [0, 0.05) is 23.7 Å². The molecule has 3 aromatic rings. The van der Waals surface area contributed by atoms with Crippen molar-refractivity contribution in [1.29, 1.82) is 0 Å². The van der Waals surface area contributed by atoms with Crippen LogP contribution in [-0.4, -0.2) is 23.3 Å². The van der Waals surface area contributed by atoms with E-state index in [2.05, 4.69) is 10.3 Å². The number of anilines is 2. The van der Waals surface area contributed by atoms with Gasteiger partial charge in [-0.2, -0.15) is 0 Å². The summed E-state index contributed by atoms with van der Waals surface area (Å²) in [5.41, 5.74) is 1.88. The van der Waals surface area contributed by atoms with Crippen molar-refractivity contribution in [2.45, 2.75) is 13.3 Å². The van der Waals surface area contributed by atoms with Gasteiger partial charge in [-0.25, -0.2) is 4.98 Å². The molecule has 0 aliphatic carbocycles. The van der Waals surface area contributed by atoms with Crippen LogP contribution in [0.1, 0.15) is 11.4 Å². The normalized spacial score (nSPS) is 16.8. The predicted octanol–water partition coefficient (Wildman–Crippen LogP) is 5.56. The Labute approximate surface area is 180 Å². The number of hydrogen-bond donors (Lipinski definition) is 1. The molecule has 2 amide bonds. The number of fused-ring (bicyclic) bond motifs is 1. The molecule has 1 aromatic heterocycles. The highest BCUT2D eigenvalue weighted by Gasteiger charge is 2.35. The summed E-state index contributed by atoms with van der Waals surface area (Å²) in [5.74, 6) is -0.935. The average Bonchev–Trinajstić information content (AvgIpc) is 3.18. The van der Waals surface area contributed by atoms with Gasteiger partial charge in [-0.15, -0.1) is 11.3 Å². The molecule has 2 aromatic carbocycles. The van der Waals surface area contributed by atoms with Gasteiger partial charge in [-0.1, -0.05) is 34.8 Å². The number of aromatic nitrogens is 1. The first-order chi connectivity index (χ1) is 13.3. The first kappa shape index (κ1) is 19.5. The molecule has 0 spiro atoms. The topological polar surface area (TPSA) is 62.3 Å². The SMILES string of the molecule is Cc1nc2cc(N3CC(C(=O)Nc4c(Cl)cc(Cl)cc4Cl)CC3=O)ccc2s1. The molecule has 1 unspecified atom stereocenters.